The van der Waals surface area contributed by atoms with Gasteiger partial charge in [0.1, 0.15) is 5.82 Å². The fourth-order valence-corrected chi connectivity index (χ4v) is 3.52. The van der Waals surface area contributed by atoms with E-state index < -0.39 is 0 Å². The van der Waals surface area contributed by atoms with Crippen molar-refractivity contribution in [3.05, 3.63) is 82.0 Å². The van der Waals surface area contributed by atoms with Crippen molar-refractivity contribution >= 4 is 46.3 Å². The lowest BCUT2D eigenvalue weighted by atomic mass is 10.1. The SMILES string of the molecule is O=C(Nc1ccccc1)c1cnc2c(c1)N(Cc1cc(Cl)ccc1Cl)CCN2. The van der Waals surface area contributed by atoms with Crippen LogP contribution in [0.2, 0.25) is 10.0 Å². The van der Waals surface area contributed by atoms with Crippen LogP contribution in [0.3, 0.4) is 0 Å². The molecule has 2 heterocycles. The molecule has 1 aromatic heterocycles. The molecule has 0 unspecified atom stereocenters. The van der Waals surface area contributed by atoms with Gasteiger partial charge in [0.25, 0.3) is 5.91 Å². The van der Waals surface area contributed by atoms with Crippen molar-refractivity contribution in [2.45, 2.75) is 6.54 Å². The number of anilines is 3. The molecular formula is C21H18Cl2N4O. The van der Waals surface area contributed by atoms with Crippen molar-refractivity contribution in [1.29, 1.82) is 0 Å². The number of aromatic nitrogens is 1. The maximum absolute atomic E-state index is 12.6. The van der Waals surface area contributed by atoms with Gasteiger partial charge in [-0.3, -0.25) is 4.79 Å². The molecule has 0 bridgehead atoms. The Hall–Kier alpha value is -2.76. The van der Waals surface area contributed by atoms with Crippen LogP contribution in [0.1, 0.15) is 15.9 Å². The Balaban J connectivity index is 1.60. The topological polar surface area (TPSA) is 57.3 Å². The van der Waals surface area contributed by atoms with Crippen LogP contribution in [0.4, 0.5) is 17.2 Å². The Labute approximate surface area is 173 Å². The number of fused-ring (bicyclic) bond motifs is 1. The highest BCUT2D eigenvalue weighted by atomic mass is 35.5. The number of para-hydroxylation sites is 1. The average molecular weight is 413 g/mol. The number of nitrogens with zero attached hydrogens (tertiary/aromatic N) is 2. The predicted octanol–water partition coefficient (Wildman–Crippen LogP) is 5.07. The van der Waals surface area contributed by atoms with E-state index in [1.165, 1.54) is 0 Å². The molecule has 7 heteroatoms. The zero-order valence-electron chi connectivity index (χ0n) is 15.0. The fraction of sp³-hybridized carbons (Fsp3) is 0.143. The molecule has 0 radical (unpaired) electrons. The third-order valence-electron chi connectivity index (χ3n) is 4.55. The first-order valence-corrected chi connectivity index (χ1v) is 9.65. The Morgan fingerprint density at radius 3 is 2.79 bits per heavy atom. The van der Waals surface area contributed by atoms with Gasteiger partial charge in [-0.05, 0) is 42.0 Å². The first-order valence-electron chi connectivity index (χ1n) is 8.89. The van der Waals surface area contributed by atoms with Crippen molar-refractivity contribution in [2.24, 2.45) is 0 Å². The molecule has 2 N–H and O–H groups in total. The molecule has 1 aliphatic rings. The third kappa shape index (κ3) is 4.06. The van der Waals surface area contributed by atoms with Crippen LogP contribution in [-0.2, 0) is 6.54 Å². The first kappa shape index (κ1) is 18.6. The molecule has 0 saturated heterocycles. The molecule has 1 aliphatic heterocycles. The quantitative estimate of drug-likeness (QED) is 0.627. The van der Waals surface area contributed by atoms with E-state index in [0.29, 0.717) is 22.2 Å². The van der Waals surface area contributed by atoms with Crippen molar-refractivity contribution in [3.8, 4) is 0 Å². The molecule has 28 heavy (non-hydrogen) atoms. The standard InChI is InChI=1S/C21H18Cl2N4O/c22-16-6-7-18(23)15(10-16)13-27-9-8-24-20-19(27)11-14(12-25-20)21(28)26-17-4-2-1-3-5-17/h1-7,10-12H,8-9,13H2,(H,24,25)(H,26,28). The van der Waals surface area contributed by atoms with Crippen molar-refractivity contribution in [3.63, 3.8) is 0 Å². The first-order chi connectivity index (χ1) is 13.6. The van der Waals surface area contributed by atoms with E-state index in [2.05, 4.69) is 20.5 Å². The van der Waals surface area contributed by atoms with E-state index >= 15 is 0 Å². The minimum absolute atomic E-state index is 0.201. The molecule has 3 aromatic rings. The zero-order valence-corrected chi connectivity index (χ0v) is 16.5. The van der Waals surface area contributed by atoms with E-state index in [9.17, 15) is 4.79 Å². The van der Waals surface area contributed by atoms with Crippen LogP contribution >= 0.6 is 23.2 Å². The third-order valence-corrected chi connectivity index (χ3v) is 5.15. The van der Waals surface area contributed by atoms with E-state index in [0.717, 1.165) is 35.8 Å². The molecule has 4 rings (SSSR count). The summed E-state index contributed by atoms with van der Waals surface area (Å²) in [4.78, 5) is 19.2. The second-order valence-electron chi connectivity index (χ2n) is 6.50. The maximum Gasteiger partial charge on any atom is 0.257 e. The summed E-state index contributed by atoms with van der Waals surface area (Å²) in [6.45, 7) is 2.11. The Kier molecular flexibility index (Phi) is 5.37. The van der Waals surface area contributed by atoms with Crippen LogP contribution in [-0.4, -0.2) is 24.0 Å². The number of rotatable bonds is 4. The monoisotopic (exact) mass is 412 g/mol. The molecule has 5 nitrogen and oxygen atoms in total. The second kappa shape index (κ2) is 8.09. The van der Waals surface area contributed by atoms with Crippen LogP contribution in [0.5, 0.6) is 0 Å². The van der Waals surface area contributed by atoms with Gasteiger partial charge in [0.15, 0.2) is 0 Å². The minimum Gasteiger partial charge on any atom is -0.367 e. The summed E-state index contributed by atoms with van der Waals surface area (Å²) in [7, 11) is 0. The number of hydrogen-bond donors (Lipinski definition) is 2. The van der Waals surface area contributed by atoms with Crippen LogP contribution in [0.15, 0.2) is 60.8 Å². The van der Waals surface area contributed by atoms with Gasteiger partial charge < -0.3 is 15.5 Å². The summed E-state index contributed by atoms with van der Waals surface area (Å²) in [5.74, 6) is 0.550. The van der Waals surface area contributed by atoms with Gasteiger partial charge >= 0.3 is 0 Å². The summed E-state index contributed by atoms with van der Waals surface area (Å²) in [6, 6.07) is 16.6. The molecule has 2 aromatic carbocycles. The summed E-state index contributed by atoms with van der Waals surface area (Å²) in [6.07, 6.45) is 1.58. The van der Waals surface area contributed by atoms with Crippen molar-refractivity contribution in [1.82, 2.24) is 4.98 Å². The lowest BCUT2D eigenvalue weighted by molar-refractivity contribution is 0.102. The van der Waals surface area contributed by atoms with Gasteiger partial charge in [-0.25, -0.2) is 4.98 Å². The molecule has 0 atom stereocenters. The van der Waals surface area contributed by atoms with E-state index in [1.807, 2.05) is 42.5 Å². The number of amides is 1. The summed E-state index contributed by atoms with van der Waals surface area (Å²) < 4.78 is 0. The Morgan fingerprint density at radius 2 is 1.96 bits per heavy atom. The number of pyridine rings is 1. The minimum atomic E-state index is -0.201. The average Bonchev–Trinajstić information content (AvgIpc) is 2.71. The number of nitrogens with one attached hydrogen (secondary N) is 2. The largest absolute Gasteiger partial charge is 0.367 e. The van der Waals surface area contributed by atoms with Crippen LogP contribution in [0.25, 0.3) is 0 Å². The number of halogens is 2. The molecule has 1 amide bonds. The lowest BCUT2D eigenvalue weighted by Crippen LogP contribution is -2.34. The summed E-state index contributed by atoms with van der Waals surface area (Å²) >= 11 is 12.5. The smallest absolute Gasteiger partial charge is 0.257 e. The van der Waals surface area contributed by atoms with Gasteiger partial charge in [0.05, 0.1) is 11.3 Å². The summed E-state index contributed by atoms with van der Waals surface area (Å²) in [5.41, 5.74) is 3.03. The Morgan fingerprint density at radius 1 is 1.14 bits per heavy atom. The highest BCUT2D eigenvalue weighted by molar-refractivity contribution is 6.33. The number of carbonyl (C=O) groups excluding carboxylic acids is 1. The molecule has 0 saturated carbocycles. The van der Waals surface area contributed by atoms with Gasteiger partial charge in [0.2, 0.25) is 0 Å². The normalized spacial score (nSPS) is 12.9. The van der Waals surface area contributed by atoms with Gasteiger partial charge in [0, 0.05) is 41.6 Å². The molecule has 0 fully saturated rings. The van der Waals surface area contributed by atoms with Gasteiger partial charge in [-0.15, -0.1) is 0 Å². The number of benzene rings is 2. The van der Waals surface area contributed by atoms with E-state index in [4.69, 9.17) is 23.2 Å². The van der Waals surface area contributed by atoms with Crippen molar-refractivity contribution < 1.29 is 4.79 Å². The Bertz CT molecular complexity index is 1010. The molecule has 0 spiro atoms. The predicted molar refractivity (Wildman–Crippen MR) is 115 cm³/mol. The highest BCUT2D eigenvalue weighted by Gasteiger charge is 2.21. The summed E-state index contributed by atoms with van der Waals surface area (Å²) in [5, 5.41) is 7.47. The van der Waals surface area contributed by atoms with Gasteiger partial charge in [-0.1, -0.05) is 41.4 Å². The fourth-order valence-electron chi connectivity index (χ4n) is 3.14. The maximum atomic E-state index is 12.6. The molecule has 142 valence electrons. The molecular weight excluding hydrogens is 395 g/mol. The van der Waals surface area contributed by atoms with E-state index in [1.54, 1.807) is 18.3 Å². The second-order valence-corrected chi connectivity index (χ2v) is 7.34. The van der Waals surface area contributed by atoms with Crippen LogP contribution < -0.4 is 15.5 Å². The molecule has 0 aliphatic carbocycles. The van der Waals surface area contributed by atoms with Gasteiger partial charge in [-0.2, -0.15) is 0 Å². The van der Waals surface area contributed by atoms with Crippen LogP contribution in [0, 0.1) is 0 Å². The zero-order chi connectivity index (χ0) is 19.5. The van der Waals surface area contributed by atoms with Crippen molar-refractivity contribution in [2.75, 3.05) is 28.6 Å². The number of hydrogen-bond acceptors (Lipinski definition) is 4. The lowest BCUT2D eigenvalue weighted by Gasteiger charge is -2.32. The highest BCUT2D eigenvalue weighted by Crippen LogP contribution is 2.31. The number of carbonyl (C=O) groups is 1. The van der Waals surface area contributed by atoms with E-state index in [-0.39, 0.29) is 5.91 Å².